The van der Waals surface area contributed by atoms with Crippen molar-refractivity contribution in [2.24, 2.45) is 0 Å². The van der Waals surface area contributed by atoms with E-state index in [9.17, 15) is 0 Å². The Morgan fingerprint density at radius 1 is 1.33 bits per heavy atom. The Morgan fingerprint density at radius 2 is 2.08 bits per heavy atom. The van der Waals surface area contributed by atoms with E-state index in [1.807, 2.05) is 0 Å². The van der Waals surface area contributed by atoms with Crippen molar-refractivity contribution in [3.05, 3.63) is 5.82 Å². The van der Waals surface area contributed by atoms with Crippen LogP contribution < -0.4 is 5.73 Å². The number of hydrogen-bond donors (Lipinski definition) is 1. The molecule has 1 fully saturated rings. The first kappa shape index (κ1) is 7.54. The molecule has 0 unspecified atom stereocenters. The number of rotatable bonds is 1. The van der Waals surface area contributed by atoms with Crippen molar-refractivity contribution in [1.82, 2.24) is 10.1 Å². The van der Waals surface area contributed by atoms with Crippen LogP contribution >= 0.6 is 0 Å². The Kier molecular flexibility index (Phi) is 1.95. The van der Waals surface area contributed by atoms with Crippen molar-refractivity contribution in [3.63, 3.8) is 0 Å². The van der Waals surface area contributed by atoms with Crippen LogP contribution in [0.5, 0.6) is 0 Å². The minimum Gasteiger partial charge on any atom is -0.381 e. The van der Waals surface area contributed by atoms with Gasteiger partial charge in [0.25, 0.3) is 0 Å². The van der Waals surface area contributed by atoms with Gasteiger partial charge in [-0.05, 0) is 12.8 Å². The molecule has 0 bridgehead atoms. The molecule has 1 aromatic heterocycles. The molecule has 0 spiro atoms. The Balaban J connectivity index is 2.08. The quantitative estimate of drug-likeness (QED) is 0.664. The van der Waals surface area contributed by atoms with Gasteiger partial charge in [-0.15, -0.1) is 0 Å². The van der Waals surface area contributed by atoms with Gasteiger partial charge in [-0.2, -0.15) is 4.98 Å². The van der Waals surface area contributed by atoms with Crippen LogP contribution in [0.1, 0.15) is 24.6 Å². The summed E-state index contributed by atoms with van der Waals surface area (Å²) >= 11 is 0. The van der Waals surface area contributed by atoms with E-state index < -0.39 is 0 Å². The number of nitrogen functional groups attached to an aromatic ring is 1. The summed E-state index contributed by atoms with van der Waals surface area (Å²) in [6.45, 7) is 1.55. The zero-order chi connectivity index (χ0) is 8.39. The van der Waals surface area contributed by atoms with Crippen molar-refractivity contribution in [3.8, 4) is 0 Å². The maximum atomic E-state index is 5.31. The van der Waals surface area contributed by atoms with Crippen molar-refractivity contribution >= 4 is 6.01 Å². The summed E-state index contributed by atoms with van der Waals surface area (Å²) in [6.07, 6.45) is 1.91. The molecule has 1 saturated heterocycles. The highest BCUT2D eigenvalue weighted by molar-refractivity contribution is 5.10. The highest BCUT2D eigenvalue weighted by Crippen LogP contribution is 2.24. The van der Waals surface area contributed by atoms with Crippen LogP contribution in [0.4, 0.5) is 6.01 Å². The van der Waals surface area contributed by atoms with Crippen LogP contribution in [0.25, 0.3) is 0 Å². The fourth-order valence-electron chi connectivity index (χ4n) is 1.37. The van der Waals surface area contributed by atoms with Gasteiger partial charge >= 0.3 is 6.01 Å². The third-order valence-electron chi connectivity index (χ3n) is 2.04. The van der Waals surface area contributed by atoms with Crippen molar-refractivity contribution in [2.75, 3.05) is 18.9 Å². The van der Waals surface area contributed by atoms with E-state index in [4.69, 9.17) is 15.0 Å². The molecule has 1 aliphatic rings. The van der Waals surface area contributed by atoms with Gasteiger partial charge in [-0.25, -0.2) is 0 Å². The molecule has 5 nitrogen and oxygen atoms in total. The van der Waals surface area contributed by atoms with Gasteiger partial charge in [-0.1, -0.05) is 5.16 Å². The van der Waals surface area contributed by atoms with Gasteiger partial charge in [0.15, 0.2) is 5.82 Å². The zero-order valence-electron chi connectivity index (χ0n) is 6.69. The molecule has 1 aromatic rings. The largest absolute Gasteiger partial charge is 0.381 e. The standard InChI is InChI=1S/C7H11N3O2/c8-7-9-6(10-12-7)5-1-3-11-4-2-5/h5H,1-4H2,(H2,8,9,10). The zero-order valence-corrected chi connectivity index (χ0v) is 6.69. The molecule has 5 heteroatoms. The lowest BCUT2D eigenvalue weighted by Gasteiger charge is -2.18. The van der Waals surface area contributed by atoms with Crippen molar-refractivity contribution < 1.29 is 9.26 Å². The van der Waals surface area contributed by atoms with E-state index >= 15 is 0 Å². The fourth-order valence-corrected chi connectivity index (χ4v) is 1.37. The molecular formula is C7H11N3O2. The highest BCUT2D eigenvalue weighted by Gasteiger charge is 2.20. The van der Waals surface area contributed by atoms with E-state index in [0.29, 0.717) is 5.92 Å². The van der Waals surface area contributed by atoms with E-state index in [0.717, 1.165) is 31.9 Å². The number of aromatic nitrogens is 2. The Hall–Kier alpha value is -1.10. The predicted octanol–water partition coefficient (Wildman–Crippen LogP) is 0.546. The molecule has 0 saturated carbocycles. The third-order valence-corrected chi connectivity index (χ3v) is 2.04. The maximum Gasteiger partial charge on any atom is 0.318 e. The molecule has 0 atom stereocenters. The predicted molar refractivity (Wildman–Crippen MR) is 41.5 cm³/mol. The van der Waals surface area contributed by atoms with Crippen LogP contribution in [-0.4, -0.2) is 23.4 Å². The Bertz CT molecular complexity index is 255. The van der Waals surface area contributed by atoms with E-state index in [2.05, 4.69) is 10.1 Å². The molecule has 2 rings (SSSR count). The smallest absolute Gasteiger partial charge is 0.318 e. The van der Waals surface area contributed by atoms with Gasteiger partial charge in [0.05, 0.1) is 0 Å². The molecule has 1 aliphatic heterocycles. The maximum absolute atomic E-state index is 5.31. The minimum atomic E-state index is 0.150. The average Bonchev–Trinajstić information content (AvgIpc) is 2.54. The normalized spacial score (nSPS) is 19.7. The summed E-state index contributed by atoms with van der Waals surface area (Å²) < 4.78 is 9.90. The van der Waals surface area contributed by atoms with Gasteiger partial charge in [0.1, 0.15) is 0 Å². The molecule has 0 aliphatic carbocycles. The first-order chi connectivity index (χ1) is 5.86. The number of anilines is 1. The van der Waals surface area contributed by atoms with Crippen molar-refractivity contribution in [2.45, 2.75) is 18.8 Å². The van der Waals surface area contributed by atoms with E-state index in [1.165, 1.54) is 0 Å². The Labute approximate surface area is 69.9 Å². The monoisotopic (exact) mass is 169 g/mol. The molecule has 0 radical (unpaired) electrons. The summed E-state index contributed by atoms with van der Waals surface area (Å²) in [5.74, 6) is 1.08. The van der Waals surface area contributed by atoms with Crippen LogP contribution in [0, 0.1) is 0 Å². The van der Waals surface area contributed by atoms with Crippen LogP contribution in [0.15, 0.2) is 4.52 Å². The summed E-state index contributed by atoms with van der Waals surface area (Å²) in [6, 6.07) is 0.150. The second kappa shape index (κ2) is 3.10. The third kappa shape index (κ3) is 1.40. The van der Waals surface area contributed by atoms with E-state index in [-0.39, 0.29) is 6.01 Å². The molecule has 0 aromatic carbocycles. The lowest BCUT2D eigenvalue weighted by Crippen LogP contribution is -2.15. The fraction of sp³-hybridized carbons (Fsp3) is 0.714. The van der Waals surface area contributed by atoms with Crippen molar-refractivity contribution in [1.29, 1.82) is 0 Å². The van der Waals surface area contributed by atoms with Crippen LogP contribution in [0.3, 0.4) is 0 Å². The molecule has 12 heavy (non-hydrogen) atoms. The Morgan fingerprint density at radius 3 is 2.67 bits per heavy atom. The van der Waals surface area contributed by atoms with Gasteiger partial charge in [-0.3, -0.25) is 0 Å². The number of ether oxygens (including phenoxy) is 1. The SMILES string of the molecule is Nc1nc(C2CCOCC2)no1. The van der Waals surface area contributed by atoms with Gasteiger partial charge in [0, 0.05) is 19.1 Å². The highest BCUT2D eigenvalue weighted by atomic mass is 16.5. The van der Waals surface area contributed by atoms with Gasteiger partial charge in [0.2, 0.25) is 0 Å². The molecule has 0 amide bonds. The summed E-state index contributed by atoms with van der Waals surface area (Å²) in [5.41, 5.74) is 5.31. The number of hydrogen-bond acceptors (Lipinski definition) is 5. The van der Waals surface area contributed by atoms with Crippen LogP contribution in [0.2, 0.25) is 0 Å². The number of nitrogens with two attached hydrogens (primary N) is 1. The molecule has 2 heterocycles. The average molecular weight is 169 g/mol. The summed E-state index contributed by atoms with van der Waals surface area (Å²) in [4.78, 5) is 3.98. The molecule has 2 N–H and O–H groups in total. The molecule has 66 valence electrons. The minimum absolute atomic E-state index is 0.150. The lowest BCUT2D eigenvalue weighted by atomic mass is 10.00. The second-order valence-electron chi connectivity index (χ2n) is 2.88. The summed E-state index contributed by atoms with van der Waals surface area (Å²) in [7, 11) is 0. The summed E-state index contributed by atoms with van der Waals surface area (Å²) in [5, 5.41) is 3.77. The molecular weight excluding hydrogens is 158 g/mol. The lowest BCUT2D eigenvalue weighted by molar-refractivity contribution is 0.0830. The van der Waals surface area contributed by atoms with Crippen LogP contribution in [-0.2, 0) is 4.74 Å². The number of nitrogens with zero attached hydrogens (tertiary/aromatic N) is 2. The first-order valence-electron chi connectivity index (χ1n) is 4.03. The van der Waals surface area contributed by atoms with Gasteiger partial charge < -0.3 is 15.0 Å². The second-order valence-corrected chi connectivity index (χ2v) is 2.88. The van der Waals surface area contributed by atoms with E-state index in [1.54, 1.807) is 0 Å². The topological polar surface area (TPSA) is 74.2 Å². The first-order valence-corrected chi connectivity index (χ1v) is 4.03.